The first-order valence-corrected chi connectivity index (χ1v) is 7.22. The molecule has 4 nitrogen and oxygen atoms in total. The molecule has 1 fully saturated rings. The van der Waals surface area contributed by atoms with Gasteiger partial charge in [-0.25, -0.2) is 0 Å². The van der Waals surface area contributed by atoms with E-state index in [4.69, 9.17) is 10.8 Å². The molecule has 1 aliphatic heterocycles. The lowest BCUT2D eigenvalue weighted by Gasteiger charge is -2.40. The van der Waals surface area contributed by atoms with Crippen LogP contribution in [0, 0.1) is 5.92 Å². The van der Waals surface area contributed by atoms with Gasteiger partial charge in [0.1, 0.15) is 0 Å². The molecule has 0 bridgehead atoms. The Morgan fingerprint density at radius 2 is 2.42 bits per heavy atom. The molecule has 1 aromatic rings. The van der Waals surface area contributed by atoms with Crippen molar-refractivity contribution >= 4 is 0 Å². The van der Waals surface area contributed by atoms with E-state index >= 15 is 0 Å². The maximum absolute atomic E-state index is 9.12. The Bertz CT molecular complexity index is 367. The standard InChI is InChI=1S/C15H25N3O/c1-12(16)15(14-5-2-7-17-10-14)18-8-3-4-13(11-18)6-9-19/h2,5,7,10,12-13,15,19H,3-4,6,8-9,11,16H2,1H3. The Balaban J connectivity index is 2.11. The van der Waals surface area contributed by atoms with Crippen LogP contribution in [0.5, 0.6) is 0 Å². The number of hydrogen-bond donors (Lipinski definition) is 2. The van der Waals surface area contributed by atoms with Crippen molar-refractivity contribution in [2.75, 3.05) is 19.7 Å². The van der Waals surface area contributed by atoms with Crippen LogP contribution in [0.25, 0.3) is 0 Å². The Morgan fingerprint density at radius 3 is 3.05 bits per heavy atom. The van der Waals surface area contributed by atoms with Crippen LogP contribution in [-0.2, 0) is 0 Å². The second-order valence-electron chi connectivity index (χ2n) is 5.61. The molecule has 1 saturated heterocycles. The topological polar surface area (TPSA) is 62.4 Å². The minimum absolute atomic E-state index is 0.0806. The molecule has 3 atom stereocenters. The summed E-state index contributed by atoms with van der Waals surface area (Å²) in [7, 11) is 0. The van der Waals surface area contributed by atoms with Gasteiger partial charge in [0.2, 0.25) is 0 Å². The number of aromatic nitrogens is 1. The molecule has 0 aliphatic carbocycles. The normalized spacial score (nSPS) is 24.1. The van der Waals surface area contributed by atoms with Crippen LogP contribution in [0.15, 0.2) is 24.5 Å². The minimum atomic E-state index is 0.0806. The van der Waals surface area contributed by atoms with Gasteiger partial charge in [-0.15, -0.1) is 0 Å². The van der Waals surface area contributed by atoms with Crippen molar-refractivity contribution < 1.29 is 5.11 Å². The third kappa shape index (κ3) is 3.75. The van der Waals surface area contributed by atoms with Gasteiger partial charge in [-0.1, -0.05) is 6.07 Å². The molecule has 0 radical (unpaired) electrons. The largest absolute Gasteiger partial charge is 0.396 e. The molecule has 2 heterocycles. The summed E-state index contributed by atoms with van der Waals surface area (Å²) in [4.78, 5) is 6.68. The van der Waals surface area contributed by atoms with Crippen LogP contribution in [0.3, 0.4) is 0 Å². The van der Waals surface area contributed by atoms with Crippen molar-refractivity contribution in [3.8, 4) is 0 Å². The molecular weight excluding hydrogens is 238 g/mol. The second kappa shape index (κ2) is 6.98. The van der Waals surface area contributed by atoms with Crippen LogP contribution in [-0.4, -0.2) is 40.7 Å². The molecule has 4 heteroatoms. The maximum Gasteiger partial charge on any atom is 0.0511 e. The summed E-state index contributed by atoms with van der Waals surface area (Å²) >= 11 is 0. The summed E-state index contributed by atoms with van der Waals surface area (Å²) in [5, 5.41) is 9.12. The van der Waals surface area contributed by atoms with Crippen molar-refractivity contribution in [2.45, 2.75) is 38.3 Å². The fourth-order valence-electron chi connectivity index (χ4n) is 3.17. The lowest BCUT2D eigenvalue weighted by Crippen LogP contribution is -2.44. The average molecular weight is 263 g/mol. The summed E-state index contributed by atoms with van der Waals surface area (Å²) in [6.45, 7) is 4.46. The number of likely N-dealkylation sites (tertiary alicyclic amines) is 1. The van der Waals surface area contributed by atoms with Gasteiger partial charge in [0.25, 0.3) is 0 Å². The van der Waals surface area contributed by atoms with Crippen LogP contribution in [0.4, 0.5) is 0 Å². The van der Waals surface area contributed by atoms with Crippen LogP contribution in [0.1, 0.15) is 37.8 Å². The Labute approximate surface area is 115 Å². The molecule has 0 amide bonds. The van der Waals surface area contributed by atoms with E-state index in [-0.39, 0.29) is 18.7 Å². The number of pyridine rings is 1. The highest BCUT2D eigenvalue weighted by Crippen LogP contribution is 2.29. The smallest absolute Gasteiger partial charge is 0.0511 e. The molecule has 0 saturated carbocycles. The first-order chi connectivity index (χ1) is 9.22. The summed E-state index contributed by atoms with van der Waals surface area (Å²) in [5.74, 6) is 0.594. The highest BCUT2D eigenvalue weighted by Gasteiger charge is 2.28. The van der Waals surface area contributed by atoms with Crippen molar-refractivity contribution in [3.05, 3.63) is 30.1 Å². The average Bonchev–Trinajstić information content (AvgIpc) is 2.40. The van der Waals surface area contributed by atoms with Gasteiger partial charge in [-0.05, 0) is 50.3 Å². The number of rotatable bonds is 5. The van der Waals surface area contributed by atoms with Crippen molar-refractivity contribution in [3.63, 3.8) is 0 Å². The molecule has 19 heavy (non-hydrogen) atoms. The Kier molecular flexibility index (Phi) is 5.31. The predicted octanol–water partition coefficient (Wildman–Crippen LogP) is 1.56. The molecule has 1 aliphatic rings. The van der Waals surface area contributed by atoms with Crippen molar-refractivity contribution in [2.24, 2.45) is 11.7 Å². The zero-order valence-electron chi connectivity index (χ0n) is 11.7. The van der Waals surface area contributed by atoms with Crippen LogP contribution < -0.4 is 5.73 Å². The van der Waals surface area contributed by atoms with Gasteiger partial charge in [-0.3, -0.25) is 9.88 Å². The van der Waals surface area contributed by atoms with E-state index in [2.05, 4.69) is 22.9 Å². The molecule has 2 rings (SSSR count). The molecule has 3 N–H and O–H groups in total. The number of piperidine rings is 1. The van der Waals surface area contributed by atoms with Crippen molar-refractivity contribution in [1.82, 2.24) is 9.88 Å². The van der Waals surface area contributed by atoms with Crippen LogP contribution >= 0.6 is 0 Å². The van der Waals surface area contributed by atoms with E-state index in [0.29, 0.717) is 5.92 Å². The van der Waals surface area contributed by atoms with E-state index in [9.17, 15) is 0 Å². The summed E-state index contributed by atoms with van der Waals surface area (Å²) in [6, 6.07) is 4.39. The summed E-state index contributed by atoms with van der Waals surface area (Å²) < 4.78 is 0. The summed E-state index contributed by atoms with van der Waals surface area (Å²) in [5.41, 5.74) is 7.40. The Morgan fingerprint density at radius 1 is 1.58 bits per heavy atom. The van der Waals surface area contributed by atoms with E-state index in [1.165, 1.54) is 18.4 Å². The van der Waals surface area contributed by atoms with E-state index in [1.807, 2.05) is 12.3 Å². The molecule has 1 aromatic heterocycles. The van der Waals surface area contributed by atoms with E-state index in [1.54, 1.807) is 6.20 Å². The number of hydrogen-bond acceptors (Lipinski definition) is 4. The first-order valence-electron chi connectivity index (χ1n) is 7.22. The lowest BCUT2D eigenvalue weighted by atomic mass is 9.91. The fraction of sp³-hybridized carbons (Fsp3) is 0.667. The Hall–Kier alpha value is -0.970. The van der Waals surface area contributed by atoms with Gasteiger partial charge >= 0.3 is 0 Å². The zero-order chi connectivity index (χ0) is 13.7. The summed E-state index contributed by atoms with van der Waals surface area (Å²) in [6.07, 6.45) is 7.02. The monoisotopic (exact) mass is 263 g/mol. The molecule has 0 spiro atoms. The van der Waals surface area contributed by atoms with Gasteiger partial charge < -0.3 is 10.8 Å². The van der Waals surface area contributed by atoms with Gasteiger partial charge in [0.15, 0.2) is 0 Å². The predicted molar refractivity (Wildman–Crippen MR) is 76.6 cm³/mol. The van der Waals surface area contributed by atoms with E-state index in [0.717, 1.165) is 19.5 Å². The van der Waals surface area contributed by atoms with Gasteiger partial charge in [-0.2, -0.15) is 0 Å². The minimum Gasteiger partial charge on any atom is -0.396 e. The fourth-order valence-corrected chi connectivity index (χ4v) is 3.17. The SMILES string of the molecule is CC(N)C(c1cccnc1)N1CCCC(CCO)C1. The van der Waals surface area contributed by atoms with Gasteiger partial charge in [0, 0.05) is 31.6 Å². The van der Waals surface area contributed by atoms with Gasteiger partial charge in [0.05, 0.1) is 6.04 Å². The highest BCUT2D eigenvalue weighted by atomic mass is 16.3. The van der Waals surface area contributed by atoms with Crippen molar-refractivity contribution in [1.29, 1.82) is 0 Å². The van der Waals surface area contributed by atoms with E-state index < -0.39 is 0 Å². The number of aliphatic hydroxyl groups is 1. The third-order valence-corrected chi connectivity index (χ3v) is 4.01. The quantitative estimate of drug-likeness (QED) is 0.846. The van der Waals surface area contributed by atoms with Crippen LogP contribution in [0.2, 0.25) is 0 Å². The molecule has 3 unspecified atom stereocenters. The number of nitrogens with two attached hydrogens (primary N) is 1. The number of aliphatic hydroxyl groups excluding tert-OH is 1. The highest BCUT2D eigenvalue weighted by molar-refractivity contribution is 5.16. The molecular formula is C15H25N3O. The second-order valence-corrected chi connectivity index (χ2v) is 5.61. The molecule has 0 aromatic carbocycles. The maximum atomic E-state index is 9.12. The zero-order valence-corrected chi connectivity index (χ0v) is 11.7. The first kappa shape index (κ1) is 14.4. The third-order valence-electron chi connectivity index (χ3n) is 4.01. The molecule has 106 valence electrons. The number of nitrogens with zero attached hydrogens (tertiary/aromatic N) is 2. The lowest BCUT2D eigenvalue weighted by molar-refractivity contribution is 0.0965.